The Bertz CT molecular complexity index is 790. The van der Waals surface area contributed by atoms with Gasteiger partial charge in [0.25, 0.3) is 0 Å². The van der Waals surface area contributed by atoms with Gasteiger partial charge in [0.2, 0.25) is 0 Å². The van der Waals surface area contributed by atoms with Crippen molar-refractivity contribution in [3.8, 4) is 6.07 Å². The molecule has 1 N–H and O–H groups in total. The van der Waals surface area contributed by atoms with Gasteiger partial charge in [0.15, 0.2) is 8.32 Å². The molecule has 1 atom stereocenters. The Morgan fingerprint density at radius 3 is 2.60 bits per heavy atom. The monoisotopic (exact) mass is 355 g/mol. The molecule has 4 nitrogen and oxygen atoms in total. The highest BCUT2D eigenvalue weighted by Crippen LogP contribution is 2.40. The van der Waals surface area contributed by atoms with E-state index in [1.54, 1.807) is 6.20 Å². The number of anilines is 1. The summed E-state index contributed by atoms with van der Waals surface area (Å²) in [4.78, 5) is 16.9. The first kappa shape index (κ1) is 19.4. The Labute approximate surface area is 152 Å². The van der Waals surface area contributed by atoms with E-state index in [4.69, 9.17) is 0 Å². The van der Waals surface area contributed by atoms with Crippen molar-refractivity contribution in [3.05, 3.63) is 36.2 Å². The van der Waals surface area contributed by atoms with Gasteiger partial charge in [-0.15, -0.1) is 0 Å². The minimum absolute atomic E-state index is 0.00114. The van der Waals surface area contributed by atoms with E-state index in [-0.39, 0.29) is 5.04 Å². The molecule has 1 aromatic carbocycles. The van der Waals surface area contributed by atoms with E-state index in [1.807, 2.05) is 25.2 Å². The third-order valence-corrected chi connectivity index (χ3v) is 9.33. The highest BCUT2D eigenvalue weighted by atomic mass is 28.4. The predicted octanol–water partition coefficient (Wildman–Crippen LogP) is 4.69. The van der Waals surface area contributed by atoms with Crippen LogP contribution in [0, 0.1) is 11.3 Å². The topological polar surface area (TPSA) is 60.1 Å². The molecule has 25 heavy (non-hydrogen) atoms. The lowest BCUT2D eigenvalue weighted by molar-refractivity contribution is 0.428. The molecule has 0 unspecified atom stereocenters. The van der Waals surface area contributed by atoms with Crippen molar-refractivity contribution >= 4 is 24.8 Å². The van der Waals surface area contributed by atoms with Crippen molar-refractivity contribution in [1.82, 2.24) is 4.98 Å². The molecular weight excluding hydrogens is 326 g/mol. The van der Waals surface area contributed by atoms with Crippen LogP contribution >= 0.6 is 0 Å². The molecule has 0 fully saturated rings. The fraction of sp³-hybridized carbons (Fsp3) is 0.500. The summed E-state index contributed by atoms with van der Waals surface area (Å²) in [5.74, 6) is 0. The summed E-state index contributed by atoms with van der Waals surface area (Å²) in [6.07, 6.45) is 3.72. The molecule has 0 aliphatic carbocycles. The lowest BCUT2D eigenvalue weighted by atomic mass is 10.0. The van der Waals surface area contributed by atoms with Gasteiger partial charge in [-0.3, -0.25) is 0 Å². The van der Waals surface area contributed by atoms with Crippen LogP contribution in [-0.2, 0) is 0 Å². The number of hydrogen-bond acceptors (Lipinski definition) is 4. The van der Waals surface area contributed by atoms with E-state index in [0.29, 0.717) is 11.7 Å². The number of fused-ring (bicyclic) bond motifs is 1. The maximum atomic E-state index is 10.5. The van der Waals surface area contributed by atoms with Gasteiger partial charge in [0.1, 0.15) is 11.8 Å². The SMILES string of the molecule is C[C@H](CCC(C)(C)[Si](C)(C)O)N(C)c1ccc2c(C#N)nccc2c1. The highest BCUT2D eigenvalue weighted by Gasteiger charge is 2.37. The fourth-order valence-corrected chi connectivity index (χ4v) is 3.55. The Morgan fingerprint density at radius 2 is 2.00 bits per heavy atom. The summed E-state index contributed by atoms with van der Waals surface area (Å²) >= 11 is 0. The predicted molar refractivity (Wildman–Crippen MR) is 107 cm³/mol. The largest absolute Gasteiger partial charge is 0.432 e. The molecule has 0 amide bonds. The molecule has 0 bridgehead atoms. The summed E-state index contributed by atoms with van der Waals surface area (Å²) in [5.41, 5.74) is 1.60. The van der Waals surface area contributed by atoms with Gasteiger partial charge < -0.3 is 9.70 Å². The van der Waals surface area contributed by atoms with E-state index < -0.39 is 8.32 Å². The number of pyridine rings is 1. The Morgan fingerprint density at radius 1 is 1.32 bits per heavy atom. The van der Waals surface area contributed by atoms with Crippen LogP contribution in [0.25, 0.3) is 10.8 Å². The lowest BCUT2D eigenvalue weighted by Crippen LogP contribution is -2.40. The average molecular weight is 356 g/mol. The molecule has 0 radical (unpaired) electrons. The molecule has 0 saturated heterocycles. The molecule has 134 valence electrons. The molecule has 0 saturated carbocycles. The van der Waals surface area contributed by atoms with Gasteiger partial charge in [-0.1, -0.05) is 13.8 Å². The molecule has 2 rings (SSSR count). The second-order valence-corrected chi connectivity index (χ2v) is 12.6. The van der Waals surface area contributed by atoms with Gasteiger partial charge in [-0.05, 0) is 67.5 Å². The van der Waals surface area contributed by atoms with Crippen LogP contribution < -0.4 is 4.90 Å². The van der Waals surface area contributed by atoms with Crippen LogP contribution in [0.2, 0.25) is 18.1 Å². The Hall–Kier alpha value is -1.90. The van der Waals surface area contributed by atoms with Crippen LogP contribution in [0.1, 0.15) is 39.3 Å². The maximum Gasteiger partial charge on any atom is 0.188 e. The molecule has 0 aliphatic heterocycles. The second kappa shape index (κ2) is 7.15. The number of aromatic nitrogens is 1. The summed E-state index contributed by atoms with van der Waals surface area (Å²) in [5, 5.41) is 11.1. The molecule has 2 aromatic rings. The number of hydrogen-bond donors (Lipinski definition) is 1. The van der Waals surface area contributed by atoms with Gasteiger partial charge in [0.05, 0.1) is 0 Å². The standard InChI is InChI=1S/C20H29N3OSi/c1-15(9-11-20(2,3)25(5,6)24)23(4)17-7-8-18-16(13-17)10-12-22-19(18)14-21/h7-8,10,12-13,15,24H,9,11H2,1-6H3/t15-/m1/s1. The normalized spacial score (nSPS) is 13.5. The number of nitrogens with zero attached hydrogens (tertiary/aromatic N) is 3. The summed E-state index contributed by atoms with van der Waals surface area (Å²) in [6, 6.07) is 10.6. The first-order chi connectivity index (χ1) is 11.6. The van der Waals surface area contributed by atoms with Crippen LogP contribution in [0.4, 0.5) is 5.69 Å². The first-order valence-corrected chi connectivity index (χ1v) is 11.8. The van der Waals surface area contributed by atoms with E-state index in [1.165, 1.54) is 0 Å². The fourth-order valence-electron chi connectivity index (χ4n) is 2.80. The van der Waals surface area contributed by atoms with Gasteiger partial charge in [0, 0.05) is 30.4 Å². The number of nitriles is 1. The number of benzene rings is 1. The van der Waals surface area contributed by atoms with E-state index in [0.717, 1.165) is 29.3 Å². The summed E-state index contributed by atoms with van der Waals surface area (Å²) in [6.45, 7) is 10.6. The van der Waals surface area contributed by atoms with Gasteiger partial charge >= 0.3 is 0 Å². The highest BCUT2D eigenvalue weighted by molar-refractivity contribution is 6.72. The summed E-state index contributed by atoms with van der Waals surface area (Å²) < 4.78 is 0. The quantitative estimate of drug-likeness (QED) is 0.764. The molecular formula is C20H29N3OSi. The van der Waals surface area contributed by atoms with Crippen LogP contribution in [0.15, 0.2) is 30.5 Å². The van der Waals surface area contributed by atoms with Crippen molar-refractivity contribution < 1.29 is 4.80 Å². The summed E-state index contributed by atoms with van der Waals surface area (Å²) in [7, 11) is -0.0647. The van der Waals surface area contributed by atoms with Gasteiger partial charge in [-0.25, -0.2) is 4.98 Å². The zero-order valence-corrected chi connectivity index (χ0v) is 17.2. The maximum absolute atomic E-state index is 10.5. The smallest absolute Gasteiger partial charge is 0.188 e. The molecule has 0 spiro atoms. The lowest BCUT2D eigenvalue weighted by Gasteiger charge is -2.37. The average Bonchev–Trinajstić information content (AvgIpc) is 2.56. The van der Waals surface area contributed by atoms with Crippen LogP contribution in [0.3, 0.4) is 0 Å². The van der Waals surface area contributed by atoms with Crippen molar-refractivity contribution in [2.75, 3.05) is 11.9 Å². The minimum Gasteiger partial charge on any atom is -0.432 e. The molecule has 1 heterocycles. The van der Waals surface area contributed by atoms with Crippen LogP contribution in [0.5, 0.6) is 0 Å². The number of rotatable bonds is 6. The Kier molecular flexibility index (Phi) is 5.55. The zero-order chi connectivity index (χ0) is 18.8. The zero-order valence-electron chi connectivity index (χ0n) is 16.2. The van der Waals surface area contributed by atoms with E-state index in [2.05, 4.69) is 55.9 Å². The minimum atomic E-state index is -2.17. The third-order valence-electron chi connectivity index (χ3n) is 5.77. The van der Waals surface area contributed by atoms with E-state index >= 15 is 0 Å². The molecule has 0 aliphatic rings. The molecule has 1 aromatic heterocycles. The van der Waals surface area contributed by atoms with Crippen molar-refractivity contribution in [2.45, 2.75) is 57.8 Å². The second-order valence-electron chi connectivity index (χ2n) is 8.12. The van der Waals surface area contributed by atoms with Gasteiger partial charge in [-0.2, -0.15) is 5.26 Å². The van der Waals surface area contributed by atoms with Crippen molar-refractivity contribution in [1.29, 1.82) is 5.26 Å². The Balaban J connectivity index is 2.16. The third kappa shape index (κ3) is 4.20. The molecule has 5 heteroatoms. The van der Waals surface area contributed by atoms with Crippen LogP contribution in [-0.4, -0.2) is 31.2 Å². The first-order valence-electron chi connectivity index (χ1n) is 8.81. The van der Waals surface area contributed by atoms with Crippen molar-refractivity contribution in [2.24, 2.45) is 0 Å². The van der Waals surface area contributed by atoms with Crippen molar-refractivity contribution in [3.63, 3.8) is 0 Å². The van der Waals surface area contributed by atoms with E-state index in [9.17, 15) is 10.1 Å².